The molecule has 8 nitrogen and oxygen atoms in total. The SMILES string of the molecule is C=CCSc1nnc(NS(=O)(=O)c2ccc(OC)c(C(=O)N3CCCCCC3)c2)s1. The number of amides is 1. The summed E-state index contributed by atoms with van der Waals surface area (Å²) in [5.74, 6) is 0.786. The number of hydrogen-bond donors (Lipinski definition) is 1. The van der Waals surface area contributed by atoms with Crippen molar-refractivity contribution in [2.24, 2.45) is 0 Å². The number of anilines is 1. The zero-order valence-corrected chi connectivity index (χ0v) is 19.1. The van der Waals surface area contributed by atoms with Gasteiger partial charge in [0.05, 0.1) is 17.6 Å². The Hall–Kier alpha value is -2.11. The van der Waals surface area contributed by atoms with Gasteiger partial charge in [-0.15, -0.1) is 16.8 Å². The van der Waals surface area contributed by atoms with Gasteiger partial charge in [-0.05, 0) is 31.0 Å². The smallest absolute Gasteiger partial charge is 0.263 e. The van der Waals surface area contributed by atoms with Crippen LogP contribution in [0.25, 0.3) is 0 Å². The Kier molecular flexibility index (Phi) is 7.73. The van der Waals surface area contributed by atoms with Gasteiger partial charge in [-0.3, -0.25) is 9.52 Å². The number of carbonyl (C=O) groups excluding carboxylic acids is 1. The molecule has 1 fully saturated rings. The van der Waals surface area contributed by atoms with Crippen molar-refractivity contribution < 1.29 is 17.9 Å². The minimum atomic E-state index is -3.94. The topological polar surface area (TPSA) is 101 Å². The van der Waals surface area contributed by atoms with Crippen LogP contribution in [-0.2, 0) is 10.0 Å². The Morgan fingerprint density at radius 3 is 2.70 bits per heavy atom. The maximum absolute atomic E-state index is 13.1. The van der Waals surface area contributed by atoms with E-state index in [0.717, 1.165) is 37.0 Å². The number of benzene rings is 1. The molecule has 0 bridgehead atoms. The van der Waals surface area contributed by atoms with Crippen LogP contribution in [0.4, 0.5) is 5.13 Å². The second-order valence-electron chi connectivity index (χ2n) is 6.65. The zero-order valence-electron chi connectivity index (χ0n) is 16.7. The molecule has 1 saturated heterocycles. The predicted molar refractivity (Wildman–Crippen MR) is 119 cm³/mol. The number of methoxy groups -OCH3 is 1. The molecule has 3 rings (SSSR count). The molecule has 1 aliphatic heterocycles. The van der Waals surface area contributed by atoms with E-state index < -0.39 is 10.0 Å². The van der Waals surface area contributed by atoms with E-state index in [0.29, 0.717) is 28.9 Å². The molecular formula is C19H24N4O4S3. The molecule has 0 aliphatic carbocycles. The van der Waals surface area contributed by atoms with Gasteiger partial charge in [0.15, 0.2) is 4.34 Å². The Balaban J connectivity index is 1.84. The maximum Gasteiger partial charge on any atom is 0.263 e. The van der Waals surface area contributed by atoms with Crippen LogP contribution >= 0.6 is 23.1 Å². The van der Waals surface area contributed by atoms with E-state index in [4.69, 9.17) is 4.74 Å². The number of rotatable bonds is 8. The van der Waals surface area contributed by atoms with Gasteiger partial charge < -0.3 is 9.64 Å². The molecule has 11 heteroatoms. The van der Waals surface area contributed by atoms with Crippen LogP contribution in [0.15, 0.2) is 40.1 Å². The third kappa shape index (κ3) is 5.52. The minimum absolute atomic E-state index is 0.0306. The van der Waals surface area contributed by atoms with Crippen LogP contribution in [0.2, 0.25) is 0 Å². The Bertz CT molecular complexity index is 999. The van der Waals surface area contributed by atoms with Crippen molar-refractivity contribution in [3.63, 3.8) is 0 Å². The summed E-state index contributed by atoms with van der Waals surface area (Å²) in [6.07, 6.45) is 5.80. The van der Waals surface area contributed by atoms with Crippen molar-refractivity contribution in [3.05, 3.63) is 36.4 Å². The molecule has 2 aromatic rings. The first-order valence-corrected chi connectivity index (χ1v) is 12.8. The van der Waals surface area contributed by atoms with E-state index in [9.17, 15) is 13.2 Å². The van der Waals surface area contributed by atoms with Crippen molar-refractivity contribution in [3.8, 4) is 5.75 Å². The zero-order chi connectivity index (χ0) is 21.6. The second-order valence-corrected chi connectivity index (χ2v) is 10.6. The van der Waals surface area contributed by atoms with E-state index in [1.165, 1.54) is 37.1 Å². The monoisotopic (exact) mass is 468 g/mol. The van der Waals surface area contributed by atoms with Gasteiger partial charge in [0, 0.05) is 18.8 Å². The highest BCUT2D eigenvalue weighted by molar-refractivity contribution is 8.01. The maximum atomic E-state index is 13.1. The molecule has 0 spiro atoms. The quantitative estimate of drug-likeness (QED) is 0.466. The molecule has 1 N–H and O–H groups in total. The third-order valence-electron chi connectivity index (χ3n) is 4.56. The number of sulfonamides is 1. The van der Waals surface area contributed by atoms with Gasteiger partial charge in [0.2, 0.25) is 5.13 Å². The fraction of sp³-hybridized carbons (Fsp3) is 0.421. The number of nitrogens with one attached hydrogen (secondary N) is 1. The van der Waals surface area contributed by atoms with Gasteiger partial charge in [-0.25, -0.2) is 8.42 Å². The van der Waals surface area contributed by atoms with Gasteiger partial charge in [-0.2, -0.15) is 0 Å². The van der Waals surface area contributed by atoms with Crippen LogP contribution in [0.1, 0.15) is 36.0 Å². The van der Waals surface area contributed by atoms with Crippen LogP contribution in [0.5, 0.6) is 5.75 Å². The number of likely N-dealkylation sites (tertiary alicyclic amines) is 1. The van der Waals surface area contributed by atoms with Crippen LogP contribution < -0.4 is 9.46 Å². The Morgan fingerprint density at radius 2 is 2.03 bits per heavy atom. The van der Waals surface area contributed by atoms with E-state index in [1.807, 2.05) is 0 Å². The number of carbonyl (C=O) groups is 1. The molecular weight excluding hydrogens is 444 g/mol. The lowest BCUT2D eigenvalue weighted by molar-refractivity contribution is 0.0758. The molecule has 0 radical (unpaired) electrons. The Morgan fingerprint density at radius 1 is 1.30 bits per heavy atom. The summed E-state index contributed by atoms with van der Waals surface area (Å²) in [6, 6.07) is 4.28. The van der Waals surface area contributed by atoms with Crippen molar-refractivity contribution in [1.29, 1.82) is 0 Å². The third-order valence-corrected chi connectivity index (χ3v) is 7.99. The van der Waals surface area contributed by atoms with E-state index in [1.54, 1.807) is 11.0 Å². The first-order chi connectivity index (χ1) is 14.4. The number of hydrogen-bond acceptors (Lipinski definition) is 8. The number of nitrogens with zero attached hydrogens (tertiary/aromatic N) is 3. The second kappa shape index (κ2) is 10.3. The molecule has 0 atom stereocenters. The lowest BCUT2D eigenvalue weighted by Gasteiger charge is -2.22. The molecule has 1 aliphatic rings. The van der Waals surface area contributed by atoms with Crippen molar-refractivity contribution in [2.45, 2.75) is 34.9 Å². The van der Waals surface area contributed by atoms with Gasteiger partial charge in [0.1, 0.15) is 5.75 Å². The minimum Gasteiger partial charge on any atom is -0.496 e. The Labute approximate surface area is 184 Å². The van der Waals surface area contributed by atoms with Gasteiger partial charge in [0.25, 0.3) is 15.9 Å². The van der Waals surface area contributed by atoms with Crippen molar-refractivity contribution in [1.82, 2.24) is 15.1 Å². The normalized spacial score (nSPS) is 14.8. The molecule has 2 heterocycles. The molecule has 1 aromatic heterocycles. The van der Waals surface area contributed by atoms with Crippen molar-refractivity contribution >= 4 is 44.2 Å². The standard InChI is InChI=1S/C19H24N4O4S3/c1-3-12-28-19-21-20-18(29-19)22-30(25,26)14-8-9-16(27-2)15(13-14)17(24)23-10-6-4-5-7-11-23/h3,8-9,13H,1,4-7,10-12H2,2H3,(H,20,22). The van der Waals surface area contributed by atoms with Crippen LogP contribution in [-0.4, -0.2) is 55.4 Å². The van der Waals surface area contributed by atoms with E-state index >= 15 is 0 Å². The number of thioether (sulfide) groups is 1. The predicted octanol–water partition coefficient (Wildman–Crippen LogP) is 3.64. The lowest BCUT2D eigenvalue weighted by atomic mass is 10.1. The van der Waals surface area contributed by atoms with Crippen LogP contribution in [0, 0.1) is 0 Å². The first kappa shape index (κ1) is 22.6. The van der Waals surface area contributed by atoms with Gasteiger partial charge >= 0.3 is 0 Å². The largest absolute Gasteiger partial charge is 0.496 e. The summed E-state index contributed by atoms with van der Waals surface area (Å²) in [7, 11) is -2.47. The van der Waals surface area contributed by atoms with E-state index in [-0.39, 0.29) is 21.5 Å². The first-order valence-electron chi connectivity index (χ1n) is 9.52. The summed E-state index contributed by atoms with van der Waals surface area (Å²) >= 11 is 2.56. The highest BCUT2D eigenvalue weighted by Gasteiger charge is 2.25. The molecule has 0 saturated carbocycles. The summed E-state index contributed by atoms with van der Waals surface area (Å²) < 4.78 is 34.1. The number of aromatic nitrogens is 2. The molecule has 0 unspecified atom stereocenters. The van der Waals surface area contributed by atoms with Crippen LogP contribution in [0.3, 0.4) is 0 Å². The van der Waals surface area contributed by atoms with Crippen molar-refractivity contribution in [2.75, 3.05) is 30.7 Å². The number of ether oxygens (including phenoxy) is 1. The molecule has 1 aromatic carbocycles. The molecule has 162 valence electrons. The summed E-state index contributed by atoms with van der Waals surface area (Å²) in [4.78, 5) is 14.8. The fourth-order valence-electron chi connectivity index (χ4n) is 3.08. The lowest BCUT2D eigenvalue weighted by Crippen LogP contribution is -2.32. The average molecular weight is 469 g/mol. The summed E-state index contributed by atoms with van der Waals surface area (Å²) in [5.41, 5.74) is 0.238. The summed E-state index contributed by atoms with van der Waals surface area (Å²) in [5, 5.41) is 7.99. The average Bonchev–Trinajstić information content (AvgIpc) is 3.00. The van der Waals surface area contributed by atoms with Gasteiger partial charge in [-0.1, -0.05) is 42.0 Å². The highest BCUT2D eigenvalue weighted by Crippen LogP contribution is 2.29. The van der Waals surface area contributed by atoms with E-state index in [2.05, 4.69) is 21.5 Å². The molecule has 1 amide bonds. The fourth-order valence-corrected chi connectivity index (χ4v) is 5.85. The molecule has 30 heavy (non-hydrogen) atoms. The highest BCUT2D eigenvalue weighted by atomic mass is 32.2. The summed E-state index contributed by atoms with van der Waals surface area (Å²) in [6.45, 7) is 4.96.